The maximum Gasteiger partial charge on any atom is 0.433 e. The van der Waals surface area contributed by atoms with E-state index in [-0.39, 0.29) is 12.0 Å². The predicted molar refractivity (Wildman–Crippen MR) is 68.6 cm³/mol. The van der Waals surface area contributed by atoms with Crippen molar-refractivity contribution in [2.75, 3.05) is 0 Å². The zero-order valence-corrected chi connectivity index (χ0v) is 12.0. The first-order valence-corrected chi connectivity index (χ1v) is 6.90. The average Bonchev–Trinajstić information content (AvgIpc) is 2.25. The Balaban J connectivity index is 2.15. The maximum absolute atomic E-state index is 12.6. The topological polar surface area (TPSA) is 35.0 Å². The maximum atomic E-state index is 12.6. The van der Waals surface area contributed by atoms with Gasteiger partial charge in [0.2, 0.25) is 11.2 Å². The molecule has 20 heavy (non-hydrogen) atoms. The number of hydrogen-bond acceptors (Lipinski definition) is 3. The van der Waals surface area contributed by atoms with E-state index in [2.05, 4.69) is 23.8 Å². The molecule has 1 aliphatic carbocycles. The zero-order valence-electron chi connectivity index (χ0n) is 11.2. The Hall–Kier alpha value is -1.04. The fraction of sp³-hybridized carbons (Fsp3) is 0.692. The van der Waals surface area contributed by atoms with Crippen LogP contribution in [0.2, 0.25) is 5.28 Å². The van der Waals surface area contributed by atoms with Crippen LogP contribution >= 0.6 is 11.6 Å². The first kappa shape index (κ1) is 15.4. The van der Waals surface area contributed by atoms with Crippen LogP contribution in [0.25, 0.3) is 0 Å². The number of aromatic nitrogens is 2. The molecule has 2 unspecified atom stereocenters. The smallest absolute Gasteiger partial charge is 0.433 e. The lowest BCUT2D eigenvalue weighted by molar-refractivity contribution is -0.141. The van der Waals surface area contributed by atoms with E-state index in [0.29, 0.717) is 11.8 Å². The summed E-state index contributed by atoms with van der Waals surface area (Å²) in [4.78, 5) is 6.90. The van der Waals surface area contributed by atoms with E-state index >= 15 is 0 Å². The van der Waals surface area contributed by atoms with Gasteiger partial charge in [0, 0.05) is 6.07 Å². The highest BCUT2D eigenvalue weighted by atomic mass is 35.5. The van der Waals surface area contributed by atoms with Crippen LogP contribution in [0.15, 0.2) is 6.07 Å². The van der Waals surface area contributed by atoms with Gasteiger partial charge in [-0.25, -0.2) is 4.98 Å². The minimum atomic E-state index is -4.56. The lowest BCUT2D eigenvalue weighted by Gasteiger charge is -2.31. The predicted octanol–water partition coefficient (Wildman–Crippen LogP) is 4.35. The third kappa shape index (κ3) is 3.98. The van der Waals surface area contributed by atoms with Crippen molar-refractivity contribution in [1.29, 1.82) is 0 Å². The van der Waals surface area contributed by atoms with E-state index in [4.69, 9.17) is 16.3 Å². The van der Waals surface area contributed by atoms with Crippen molar-refractivity contribution < 1.29 is 17.9 Å². The van der Waals surface area contributed by atoms with Gasteiger partial charge in [-0.05, 0) is 42.7 Å². The third-order valence-corrected chi connectivity index (χ3v) is 3.56. The molecule has 0 amide bonds. The lowest BCUT2D eigenvalue weighted by atomic mass is 9.82. The Morgan fingerprint density at radius 1 is 1.15 bits per heavy atom. The summed E-state index contributed by atoms with van der Waals surface area (Å²) in [6.45, 7) is 4.22. The first-order valence-electron chi connectivity index (χ1n) is 6.52. The molecule has 0 aromatic carbocycles. The molecule has 0 aliphatic heterocycles. The summed E-state index contributed by atoms with van der Waals surface area (Å²) < 4.78 is 43.5. The van der Waals surface area contributed by atoms with E-state index in [1.807, 2.05) is 0 Å². The summed E-state index contributed by atoms with van der Waals surface area (Å²) in [5.41, 5.74) is -1.08. The summed E-state index contributed by atoms with van der Waals surface area (Å²) >= 11 is 5.53. The highest BCUT2D eigenvalue weighted by Crippen LogP contribution is 2.33. The second-order valence-electron chi connectivity index (χ2n) is 5.52. The van der Waals surface area contributed by atoms with Gasteiger partial charge >= 0.3 is 6.18 Å². The number of hydrogen-bond donors (Lipinski definition) is 0. The van der Waals surface area contributed by atoms with Crippen molar-refractivity contribution in [3.63, 3.8) is 0 Å². The molecule has 2 rings (SSSR count). The Kier molecular flexibility index (Phi) is 4.42. The Morgan fingerprint density at radius 3 is 2.30 bits per heavy atom. The summed E-state index contributed by atoms with van der Waals surface area (Å²) in [5, 5.41) is -0.452. The van der Waals surface area contributed by atoms with Gasteiger partial charge in [0.25, 0.3) is 0 Å². The van der Waals surface area contributed by atoms with Gasteiger partial charge in [-0.2, -0.15) is 18.2 Å². The molecule has 0 spiro atoms. The van der Waals surface area contributed by atoms with Crippen molar-refractivity contribution in [3.05, 3.63) is 17.0 Å². The lowest BCUT2D eigenvalue weighted by Crippen LogP contribution is -2.29. The molecule has 2 atom stereocenters. The summed E-state index contributed by atoms with van der Waals surface area (Å²) in [6, 6.07) is 0.801. The molecule has 0 N–H and O–H groups in total. The molecule has 112 valence electrons. The van der Waals surface area contributed by atoms with Crippen molar-refractivity contribution >= 4 is 11.6 Å². The van der Waals surface area contributed by atoms with Crippen LogP contribution in [0.3, 0.4) is 0 Å². The second kappa shape index (κ2) is 5.76. The highest BCUT2D eigenvalue weighted by molar-refractivity contribution is 6.28. The molecule has 1 aromatic rings. The monoisotopic (exact) mass is 308 g/mol. The molecule has 0 saturated heterocycles. The fourth-order valence-corrected chi connectivity index (χ4v) is 2.92. The van der Waals surface area contributed by atoms with Crippen LogP contribution < -0.4 is 4.74 Å². The quantitative estimate of drug-likeness (QED) is 0.762. The molecule has 1 heterocycles. The Morgan fingerprint density at radius 2 is 1.75 bits per heavy atom. The van der Waals surface area contributed by atoms with E-state index < -0.39 is 17.2 Å². The summed E-state index contributed by atoms with van der Waals surface area (Å²) in [7, 11) is 0. The number of alkyl halides is 3. The van der Waals surface area contributed by atoms with E-state index in [1.54, 1.807) is 0 Å². The second-order valence-corrected chi connectivity index (χ2v) is 5.85. The van der Waals surface area contributed by atoms with Crippen molar-refractivity contribution in [1.82, 2.24) is 9.97 Å². The molecule has 1 aromatic heterocycles. The molecule has 3 nitrogen and oxygen atoms in total. The third-order valence-electron chi connectivity index (χ3n) is 3.39. The van der Waals surface area contributed by atoms with Gasteiger partial charge in [0.05, 0.1) is 0 Å². The molecule has 1 saturated carbocycles. The van der Waals surface area contributed by atoms with Crippen molar-refractivity contribution in [2.24, 2.45) is 11.8 Å². The molecule has 7 heteroatoms. The molecule has 1 fully saturated rings. The average molecular weight is 309 g/mol. The van der Waals surface area contributed by atoms with Gasteiger partial charge in [0.1, 0.15) is 6.10 Å². The van der Waals surface area contributed by atoms with Crippen LogP contribution in [0.4, 0.5) is 13.2 Å². The van der Waals surface area contributed by atoms with Gasteiger partial charge in [0.15, 0.2) is 5.69 Å². The standard InChI is InChI=1S/C13H16ClF3N2O/c1-7-3-8(2)5-9(4-7)20-11-6-10(13(15,16)17)18-12(14)19-11/h6-9H,3-5H2,1-2H3. The minimum Gasteiger partial charge on any atom is -0.474 e. The first-order chi connectivity index (χ1) is 9.24. The Bertz CT molecular complexity index is 471. The van der Waals surface area contributed by atoms with Crippen LogP contribution in [0, 0.1) is 11.8 Å². The van der Waals surface area contributed by atoms with Crippen molar-refractivity contribution in [2.45, 2.75) is 45.4 Å². The van der Waals surface area contributed by atoms with E-state index in [0.717, 1.165) is 25.3 Å². The van der Waals surface area contributed by atoms with Gasteiger partial charge in [-0.3, -0.25) is 0 Å². The molecular formula is C13H16ClF3N2O. The van der Waals surface area contributed by atoms with Gasteiger partial charge in [-0.1, -0.05) is 13.8 Å². The molecule has 0 radical (unpaired) electrons. The van der Waals surface area contributed by atoms with Crippen LogP contribution in [-0.2, 0) is 6.18 Å². The zero-order chi connectivity index (χ0) is 14.9. The minimum absolute atomic E-state index is 0.108. The summed E-state index contributed by atoms with van der Waals surface area (Å²) in [6.07, 6.45) is -1.95. The highest BCUT2D eigenvalue weighted by Gasteiger charge is 2.34. The van der Waals surface area contributed by atoms with Crippen molar-refractivity contribution in [3.8, 4) is 5.88 Å². The number of nitrogens with zero attached hydrogens (tertiary/aromatic N) is 2. The molecule has 0 bridgehead atoms. The number of halogens is 4. The SMILES string of the molecule is CC1CC(C)CC(Oc2cc(C(F)(F)F)nc(Cl)n2)C1. The molecular weight excluding hydrogens is 293 g/mol. The normalized spacial score (nSPS) is 27.4. The number of ether oxygens (including phenoxy) is 1. The largest absolute Gasteiger partial charge is 0.474 e. The summed E-state index contributed by atoms with van der Waals surface area (Å²) in [5.74, 6) is 0.870. The molecule has 1 aliphatic rings. The van der Waals surface area contributed by atoms with Crippen LogP contribution in [0.1, 0.15) is 38.8 Å². The van der Waals surface area contributed by atoms with Crippen LogP contribution in [-0.4, -0.2) is 16.1 Å². The van der Waals surface area contributed by atoms with Crippen LogP contribution in [0.5, 0.6) is 5.88 Å². The van der Waals surface area contributed by atoms with E-state index in [9.17, 15) is 13.2 Å². The van der Waals surface area contributed by atoms with Gasteiger partial charge < -0.3 is 4.74 Å². The van der Waals surface area contributed by atoms with Gasteiger partial charge in [-0.15, -0.1) is 0 Å². The van der Waals surface area contributed by atoms with E-state index in [1.165, 1.54) is 0 Å². The number of rotatable bonds is 2. The Labute approximate surface area is 120 Å². The fourth-order valence-electron chi connectivity index (χ4n) is 2.74.